The molecule has 3 aliphatic heterocycles. The third kappa shape index (κ3) is 1.35. The monoisotopic (exact) mass is 255 g/mol. The lowest BCUT2D eigenvalue weighted by Crippen LogP contribution is -2.58. The highest BCUT2D eigenvalue weighted by Gasteiger charge is 2.78. The van der Waals surface area contributed by atoms with Gasteiger partial charge < -0.3 is 19.9 Å². The first-order valence-electron chi connectivity index (χ1n) is 6.81. The molecule has 18 heavy (non-hydrogen) atoms. The quantitative estimate of drug-likeness (QED) is 0.706. The molecule has 0 amide bonds. The zero-order chi connectivity index (χ0) is 12.9. The highest BCUT2D eigenvalue weighted by Crippen LogP contribution is 2.69. The Balaban J connectivity index is 1.90. The number of hydrogen-bond acceptors (Lipinski definition) is 5. The van der Waals surface area contributed by atoms with Crippen molar-refractivity contribution in [1.29, 1.82) is 0 Å². The fourth-order valence-corrected chi connectivity index (χ4v) is 4.11. The van der Waals surface area contributed by atoms with Gasteiger partial charge in [0.05, 0.1) is 24.4 Å². The van der Waals surface area contributed by atoms with Crippen molar-refractivity contribution in [1.82, 2.24) is 5.32 Å². The number of esters is 1. The molecule has 102 valence electrons. The Labute approximate surface area is 107 Å². The maximum atomic E-state index is 12.3. The summed E-state index contributed by atoms with van der Waals surface area (Å²) in [6, 6.07) is 0. The molecule has 0 atom stereocenters. The van der Waals surface area contributed by atoms with Crippen molar-refractivity contribution in [2.75, 3.05) is 26.3 Å². The van der Waals surface area contributed by atoms with E-state index in [4.69, 9.17) is 9.47 Å². The van der Waals surface area contributed by atoms with E-state index in [1.807, 2.05) is 6.92 Å². The molecule has 5 nitrogen and oxygen atoms in total. The Morgan fingerprint density at radius 1 is 1.39 bits per heavy atom. The molecule has 2 N–H and O–H groups in total. The molecule has 2 bridgehead atoms. The van der Waals surface area contributed by atoms with Gasteiger partial charge in [-0.2, -0.15) is 0 Å². The molecule has 0 aromatic heterocycles. The van der Waals surface area contributed by atoms with E-state index in [2.05, 4.69) is 5.32 Å². The van der Waals surface area contributed by atoms with Crippen molar-refractivity contribution < 1.29 is 19.4 Å². The predicted molar refractivity (Wildman–Crippen MR) is 64.0 cm³/mol. The van der Waals surface area contributed by atoms with Crippen LogP contribution in [0.3, 0.4) is 0 Å². The average Bonchev–Trinajstić information content (AvgIpc) is 2.75. The topological polar surface area (TPSA) is 67.8 Å². The van der Waals surface area contributed by atoms with Crippen LogP contribution in [-0.4, -0.2) is 48.6 Å². The summed E-state index contributed by atoms with van der Waals surface area (Å²) < 4.78 is 11.4. The maximum Gasteiger partial charge on any atom is 0.315 e. The maximum absolute atomic E-state index is 12.3. The van der Waals surface area contributed by atoms with Crippen LogP contribution in [0.15, 0.2) is 0 Å². The fraction of sp³-hybridized carbons (Fsp3) is 0.923. The van der Waals surface area contributed by atoms with Gasteiger partial charge in [-0.25, -0.2) is 0 Å². The van der Waals surface area contributed by atoms with Gasteiger partial charge in [0, 0.05) is 0 Å². The number of carbonyl (C=O) groups is 1. The molecule has 1 spiro atoms. The Hall–Kier alpha value is -0.650. The van der Waals surface area contributed by atoms with Crippen LogP contribution in [0.4, 0.5) is 0 Å². The minimum absolute atomic E-state index is 0.00331. The number of piperidine rings is 1. The van der Waals surface area contributed by atoms with E-state index in [-0.39, 0.29) is 12.6 Å². The van der Waals surface area contributed by atoms with Crippen LogP contribution < -0.4 is 5.32 Å². The lowest BCUT2D eigenvalue weighted by Gasteiger charge is -2.46. The zero-order valence-electron chi connectivity index (χ0n) is 10.8. The summed E-state index contributed by atoms with van der Waals surface area (Å²) >= 11 is 0. The molecule has 5 heteroatoms. The summed E-state index contributed by atoms with van der Waals surface area (Å²) in [5, 5.41) is 12.8. The Morgan fingerprint density at radius 2 is 2.06 bits per heavy atom. The number of ether oxygens (including phenoxy) is 2. The molecule has 1 aliphatic carbocycles. The first kappa shape index (κ1) is 12.4. The fourth-order valence-electron chi connectivity index (χ4n) is 4.11. The normalized spacial score (nSPS) is 40.6. The van der Waals surface area contributed by atoms with Gasteiger partial charge in [-0.3, -0.25) is 4.79 Å². The van der Waals surface area contributed by atoms with Crippen molar-refractivity contribution in [2.45, 2.75) is 43.8 Å². The number of carbonyl (C=O) groups excluding carboxylic acids is 1. The van der Waals surface area contributed by atoms with Gasteiger partial charge in [0.15, 0.2) is 0 Å². The molecular formula is C13H21NO4. The largest absolute Gasteiger partial charge is 0.465 e. The number of rotatable bonds is 3. The van der Waals surface area contributed by atoms with E-state index in [0.29, 0.717) is 19.4 Å². The summed E-state index contributed by atoms with van der Waals surface area (Å²) in [6.07, 6.45) is 2.89. The van der Waals surface area contributed by atoms with Crippen molar-refractivity contribution in [3.63, 3.8) is 0 Å². The summed E-state index contributed by atoms with van der Waals surface area (Å²) in [6.45, 7) is 3.97. The zero-order valence-corrected chi connectivity index (χ0v) is 10.8. The summed E-state index contributed by atoms with van der Waals surface area (Å²) in [4.78, 5) is 12.3. The molecule has 4 rings (SSSR count). The van der Waals surface area contributed by atoms with Crippen LogP contribution in [0.1, 0.15) is 32.6 Å². The molecule has 4 fully saturated rings. The predicted octanol–water partition coefficient (Wildman–Crippen LogP) is 0.213. The molecule has 0 aromatic rings. The molecule has 0 unspecified atom stereocenters. The molecule has 4 aliphatic rings. The summed E-state index contributed by atoms with van der Waals surface area (Å²) in [5.74, 6) is -0.131. The van der Waals surface area contributed by atoms with E-state index in [9.17, 15) is 9.90 Å². The summed E-state index contributed by atoms with van der Waals surface area (Å²) in [5.41, 5.74) is -1.40. The van der Waals surface area contributed by atoms with E-state index in [0.717, 1.165) is 25.9 Å². The lowest BCUT2D eigenvalue weighted by atomic mass is 9.54. The van der Waals surface area contributed by atoms with Crippen LogP contribution in [0.2, 0.25) is 0 Å². The SMILES string of the molecule is CCOC(=O)C12CC(CO)(C1)OC21CCNCC1. The van der Waals surface area contributed by atoms with Crippen LogP contribution >= 0.6 is 0 Å². The van der Waals surface area contributed by atoms with Crippen LogP contribution in [0, 0.1) is 5.41 Å². The van der Waals surface area contributed by atoms with Crippen molar-refractivity contribution in [2.24, 2.45) is 5.41 Å². The average molecular weight is 255 g/mol. The Morgan fingerprint density at radius 3 is 2.61 bits per heavy atom. The van der Waals surface area contributed by atoms with Crippen molar-refractivity contribution in [3.05, 3.63) is 0 Å². The van der Waals surface area contributed by atoms with Gasteiger partial charge in [-0.1, -0.05) is 0 Å². The summed E-state index contributed by atoms with van der Waals surface area (Å²) in [7, 11) is 0. The van der Waals surface area contributed by atoms with Gasteiger partial charge in [-0.05, 0) is 45.7 Å². The lowest BCUT2D eigenvalue weighted by molar-refractivity contribution is -0.166. The third-order valence-electron chi connectivity index (χ3n) is 4.90. The van der Waals surface area contributed by atoms with Crippen molar-refractivity contribution in [3.8, 4) is 0 Å². The van der Waals surface area contributed by atoms with Gasteiger partial charge in [0.2, 0.25) is 0 Å². The number of aliphatic hydroxyl groups is 1. The second-order valence-electron chi connectivity index (χ2n) is 5.84. The van der Waals surface area contributed by atoms with E-state index < -0.39 is 16.6 Å². The van der Waals surface area contributed by atoms with E-state index in [1.54, 1.807) is 0 Å². The Bertz CT molecular complexity index is 356. The smallest absolute Gasteiger partial charge is 0.315 e. The van der Waals surface area contributed by atoms with Crippen LogP contribution in [0.5, 0.6) is 0 Å². The minimum Gasteiger partial charge on any atom is -0.465 e. The van der Waals surface area contributed by atoms with Crippen LogP contribution in [-0.2, 0) is 14.3 Å². The molecule has 1 saturated carbocycles. The second kappa shape index (κ2) is 3.92. The van der Waals surface area contributed by atoms with Gasteiger partial charge in [-0.15, -0.1) is 0 Å². The molecule has 3 heterocycles. The third-order valence-corrected chi connectivity index (χ3v) is 4.90. The van der Waals surface area contributed by atoms with Crippen LogP contribution in [0.25, 0.3) is 0 Å². The van der Waals surface area contributed by atoms with E-state index in [1.165, 1.54) is 0 Å². The number of aliphatic hydroxyl groups excluding tert-OH is 1. The molecular weight excluding hydrogens is 234 g/mol. The second-order valence-corrected chi connectivity index (χ2v) is 5.84. The highest BCUT2D eigenvalue weighted by molar-refractivity contribution is 5.81. The standard InChI is InChI=1S/C13H21NO4/c1-2-17-10(16)12-7-11(8-12,9-15)18-13(12)3-5-14-6-4-13/h14-15H,2-9H2,1H3. The minimum atomic E-state index is -0.506. The van der Waals surface area contributed by atoms with E-state index >= 15 is 0 Å². The molecule has 3 saturated heterocycles. The molecule has 0 aromatic carbocycles. The van der Waals surface area contributed by atoms with Crippen molar-refractivity contribution >= 4 is 5.97 Å². The highest BCUT2D eigenvalue weighted by atomic mass is 16.6. The van der Waals surface area contributed by atoms with Gasteiger partial charge in [0.1, 0.15) is 5.41 Å². The first-order valence-corrected chi connectivity index (χ1v) is 6.81. The molecule has 0 radical (unpaired) electrons. The first-order chi connectivity index (χ1) is 8.62. The Kier molecular flexibility index (Phi) is 2.70. The number of hydrogen-bond donors (Lipinski definition) is 2. The number of nitrogens with one attached hydrogen (secondary N) is 1. The van der Waals surface area contributed by atoms with Gasteiger partial charge in [0.25, 0.3) is 0 Å². The van der Waals surface area contributed by atoms with Gasteiger partial charge >= 0.3 is 5.97 Å².